The molecule has 0 spiro atoms. The number of hydrogen-bond donors (Lipinski definition) is 1. The number of hydrogen-bond acceptors (Lipinski definition) is 3. The van der Waals surface area contributed by atoms with Gasteiger partial charge in [0.25, 0.3) is 0 Å². The molecule has 0 unspecified atom stereocenters. The number of aromatic nitrogens is 2. The van der Waals surface area contributed by atoms with Crippen LogP contribution < -0.4 is 0 Å². The van der Waals surface area contributed by atoms with Gasteiger partial charge in [0.05, 0.1) is 0 Å². The average molecular weight is 194 g/mol. The van der Waals surface area contributed by atoms with Gasteiger partial charge in [-0.25, -0.2) is 9.97 Å². The molecule has 0 aliphatic heterocycles. The Morgan fingerprint density at radius 2 is 1.93 bits per heavy atom. The van der Waals surface area contributed by atoms with Crippen molar-refractivity contribution in [2.75, 3.05) is 0 Å². The number of unbranched alkanes of at least 4 members (excludes halogenated alkanes) is 2. The minimum atomic E-state index is -0.715. The van der Waals surface area contributed by atoms with Crippen LogP contribution in [-0.2, 0) is 11.2 Å². The Kier molecular flexibility index (Phi) is 4.61. The van der Waals surface area contributed by atoms with Gasteiger partial charge in [0.1, 0.15) is 6.33 Å². The molecule has 76 valence electrons. The molecule has 0 radical (unpaired) electrons. The average Bonchev–Trinajstić information content (AvgIpc) is 2.18. The Hall–Kier alpha value is -1.45. The number of carboxylic acids is 1. The van der Waals surface area contributed by atoms with Crippen LogP contribution in [0.25, 0.3) is 0 Å². The lowest BCUT2D eigenvalue weighted by atomic mass is 10.1. The summed E-state index contributed by atoms with van der Waals surface area (Å²) >= 11 is 0. The van der Waals surface area contributed by atoms with E-state index in [-0.39, 0.29) is 6.42 Å². The summed E-state index contributed by atoms with van der Waals surface area (Å²) in [5, 5.41) is 8.41. The summed E-state index contributed by atoms with van der Waals surface area (Å²) in [5.74, 6) is -0.715. The Labute approximate surface area is 83.0 Å². The van der Waals surface area contributed by atoms with Crippen molar-refractivity contribution >= 4 is 5.97 Å². The van der Waals surface area contributed by atoms with E-state index in [0.29, 0.717) is 0 Å². The first-order valence-electron chi connectivity index (χ1n) is 4.74. The largest absolute Gasteiger partial charge is 0.481 e. The van der Waals surface area contributed by atoms with Gasteiger partial charge in [-0.2, -0.15) is 0 Å². The van der Waals surface area contributed by atoms with Crippen LogP contribution in [0, 0.1) is 0 Å². The highest BCUT2D eigenvalue weighted by atomic mass is 16.4. The number of carboxylic acid groups (broad SMARTS) is 1. The van der Waals surface area contributed by atoms with E-state index in [9.17, 15) is 4.79 Å². The predicted octanol–water partition coefficient (Wildman–Crippen LogP) is 1.66. The molecule has 1 N–H and O–H groups in total. The summed E-state index contributed by atoms with van der Waals surface area (Å²) in [4.78, 5) is 18.0. The molecule has 14 heavy (non-hydrogen) atoms. The summed E-state index contributed by atoms with van der Waals surface area (Å²) in [6.07, 6.45) is 9.00. The highest BCUT2D eigenvalue weighted by Gasteiger charge is 1.97. The molecule has 0 fully saturated rings. The van der Waals surface area contributed by atoms with Crippen molar-refractivity contribution in [3.8, 4) is 0 Å². The number of nitrogens with zero attached hydrogens (tertiary/aromatic N) is 2. The smallest absolute Gasteiger partial charge is 0.303 e. The molecule has 1 aromatic heterocycles. The third-order valence-electron chi connectivity index (χ3n) is 1.97. The second kappa shape index (κ2) is 6.07. The molecule has 0 atom stereocenters. The Balaban J connectivity index is 2.08. The van der Waals surface area contributed by atoms with Crippen LogP contribution in [0.4, 0.5) is 0 Å². The third kappa shape index (κ3) is 4.54. The maximum Gasteiger partial charge on any atom is 0.303 e. The monoisotopic (exact) mass is 194 g/mol. The number of aliphatic carboxylic acids is 1. The lowest BCUT2D eigenvalue weighted by molar-refractivity contribution is -0.137. The maximum atomic E-state index is 10.2. The minimum Gasteiger partial charge on any atom is -0.481 e. The fraction of sp³-hybridized carbons (Fsp3) is 0.500. The highest BCUT2D eigenvalue weighted by Crippen LogP contribution is 2.05. The first-order chi connectivity index (χ1) is 6.79. The molecule has 0 saturated heterocycles. The quantitative estimate of drug-likeness (QED) is 0.699. The second-order valence-electron chi connectivity index (χ2n) is 3.20. The third-order valence-corrected chi connectivity index (χ3v) is 1.97. The number of aryl methyl sites for hydroxylation is 1. The van der Waals surface area contributed by atoms with Crippen LogP contribution >= 0.6 is 0 Å². The topological polar surface area (TPSA) is 63.1 Å². The zero-order valence-corrected chi connectivity index (χ0v) is 8.02. The van der Waals surface area contributed by atoms with Crippen LogP contribution in [0.1, 0.15) is 31.2 Å². The summed E-state index contributed by atoms with van der Waals surface area (Å²) in [6.45, 7) is 0. The van der Waals surface area contributed by atoms with E-state index in [1.165, 1.54) is 6.33 Å². The van der Waals surface area contributed by atoms with Gasteiger partial charge in [-0.15, -0.1) is 0 Å². The van der Waals surface area contributed by atoms with Crippen LogP contribution in [0.2, 0.25) is 0 Å². The van der Waals surface area contributed by atoms with Gasteiger partial charge in [-0.1, -0.05) is 6.42 Å². The zero-order valence-electron chi connectivity index (χ0n) is 8.02. The lowest BCUT2D eigenvalue weighted by Gasteiger charge is -1.98. The van der Waals surface area contributed by atoms with Gasteiger partial charge in [0, 0.05) is 18.8 Å². The van der Waals surface area contributed by atoms with Gasteiger partial charge >= 0.3 is 5.97 Å². The van der Waals surface area contributed by atoms with Gasteiger partial charge in [0.2, 0.25) is 0 Å². The van der Waals surface area contributed by atoms with Gasteiger partial charge in [-0.3, -0.25) is 4.79 Å². The molecule has 0 saturated carbocycles. The molecule has 0 amide bonds. The molecule has 0 aliphatic rings. The van der Waals surface area contributed by atoms with Crippen LogP contribution in [0.15, 0.2) is 18.7 Å². The molecule has 4 nitrogen and oxygen atoms in total. The molecule has 0 aromatic carbocycles. The fourth-order valence-corrected chi connectivity index (χ4v) is 1.24. The van der Waals surface area contributed by atoms with E-state index in [1.807, 2.05) is 0 Å². The van der Waals surface area contributed by atoms with Gasteiger partial charge in [0.15, 0.2) is 0 Å². The van der Waals surface area contributed by atoms with Crippen LogP contribution in [0.5, 0.6) is 0 Å². The summed E-state index contributed by atoms with van der Waals surface area (Å²) in [5.41, 5.74) is 1.11. The number of rotatable bonds is 6. The molecule has 4 heteroatoms. The highest BCUT2D eigenvalue weighted by molar-refractivity contribution is 5.66. The summed E-state index contributed by atoms with van der Waals surface area (Å²) in [6, 6.07) is 0. The van der Waals surface area contributed by atoms with Crippen LogP contribution in [-0.4, -0.2) is 21.0 Å². The van der Waals surface area contributed by atoms with Crippen molar-refractivity contribution in [2.45, 2.75) is 32.1 Å². The molecular formula is C10H14N2O2. The molecule has 0 bridgehead atoms. The van der Waals surface area contributed by atoms with E-state index in [4.69, 9.17) is 5.11 Å². The fourth-order valence-electron chi connectivity index (χ4n) is 1.24. The van der Waals surface area contributed by atoms with Crippen molar-refractivity contribution < 1.29 is 9.90 Å². The summed E-state index contributed by atoms with van der Waals surface area (Å²) < 4.78 is 0. The van der Waals surface area contributed by atoms with Crippen molar-refractivity contribution in [3.05, 3.63) is 24.3 Å². The minimum absolute atomic E-state index is 0.269. The SMILES string of the molecule is O=C(O)CCCCCc1cncnc1. The lowest BCUT2D eigenvalue weighted by Crippen LogP contribution is -1.94. The van der Waals surface area contributed by atoms with E-state index in [1.54, 1.807) is 12.4 Å². The van der Waals surface area contributed by atoms with Crippen LogP contribution in [0.3, 0.4) is 0 Å². The standard InChI is InChI=1S/C10H14N2O2/c13-10(14)5-3-1-2-4-9-6-11-8-12-7-9/h6-8H,1-5H2,(H,13,14). The normalized spacial score (nSPS) is 10.0. The van der Waals surface area contributed by atoms with Crippen molar-refractivity contribution in [2.24, 2.45) is 0 Å². The van der Waals surface area contributed by atoms with E-state index >= 15 is 0 Å². The van der Waals surface area contributed by atoms with E-state index in [2.05, 4.69) is 9.97 Å². The number of carbonyl (C=O) groups is 1. The van der Waals surface area contributed by atoms with E-state index < -0.39 is 5.97 Å². The van der Waals surface area contributed by atoms with Gasteiger partial charge in [-0.05, 0) is 24.8 Å². The van der Waals surface area contributed by atoms with Gasteiger partial charge < -0.3 is 5.11 Å². The Bertz CT molecular complexity index is 275. The first kappa shape index (κ1) is 10.6. The van der Waals surface area contributed by atoms with Crippen molar-refractivity contribution in [3.63, 3.8) is 0 Å². The Morgan fingerprint density at radius 1 is 1.21 bits per heavy atom. The van der Waals surface area contributed by atoms with E-state index in [0.717, 1.165) is 31.2 Å². The summed E-state index contributed by atoms with van der Waals surface area (Å²) in [7, 11) is 0. The Morgan fingerprint density at radius 3 is 2.57 bits per heavy atom. The molecule has 1 rings (SSSR count). The van der Waals surface area contributed by atoms with Crippen molar-refractivity contribution in [1.82, 2.24) is 9.97 Å². The predicted molar refractivity (Wildman–Crippen MR) is 51.8 cm³/mol. The maximum absolute atomic E-state index is 10.2. The molecule has 1 aromatic rings. The second-order valence-corrected chi connectivity index (χ2v) is 3.20. The van der Waals surface area contributed by atoms with Crippen molar-refractivity contribution in [1.29, 1.82) is 0 Å². The first-order valence-corrected chi connectivity index (χ1v) is 4.74. The molecular weight excluding hydrogens is 180 g/mol. The molecule has 0 aliphatic carbocycles. The molecule has 1 heterocycles. The zero-order chi connectivity index (χ0) is 10.2.